The quantitative estimate of drug-likeness (QED) is 0.751. The number of hydrogen-bond donors (Lipinski definition) is 1. The second kappa shape index (κ2) is 4.42. The summed E-state index contributed by atoms with van der Waals surface area (Å²) in [5.41, 5.74) is 0.573. The van der Waals surface area contributed by atoms with Gasteiger partial charge in [0, 0.05) is 19.1 Å². The van der Waals surface area contributed by atoms with E-state index in [1.807, 2.05) is 0 Å². The Morgan fingerprint density at radius 1 is 1.27 bits per heavy atom. The highest BCUT2D eigenvalue weighted by Gasteiger charge is 2.34. The molecule has 0 aliphatic carbocycles. The molecule has 0 bridgehead atoms. The molecule has 15 heavy (non-hydrogen) atoms. The van der Waals surface area contributed by atoms with E-state index < -0.39 is 0 Å². The fourth-order valence-electron chi connectivity index (χ4n) is 3.29. The van der Waals surface area contributed by atoms with Crippen molar-refractivity contribution in [1.29, 1.82) is 0 Å². The van der Waals surface area contributed by atoms with E-state index in [1.165, 1.54) is 45.4 Å². The molecule has 2 unspecified atom stereocenters. The monoisotopic (exact) mass is 210 g/mol. The van der Waals surface area contributed by atoms with Crippen LogP contribution in [0.2, 0.25) is 0 Å². The Hall–Kier alpha value is -0.0800. The minimum Gasteiger partial charge on any atom is -0.317 e. The van der Waals surface area contributed by atoms with Gasteiger partial charge in [-0.05, 0) is 50.6 Å². The first kappa shape index (κ1) is 11.4. The Bertz CT molecular complexity index is 209. The highest BCUT2D eigenvalue weighted by Crippen LogP contribution is 2.33. The molecule has 0 aromatic heterocycles. The maximum absolute atomic E-state index is 3.47. The van der Waals surface area contributed by atoms with Crippen LogP contribution in [0.25, 0.3) is 0 Å². The third kappa shape index (κ3) is 2.73. The Kier molecular flexibility index (Phi) is 3.36. The van der Waals surface area contributed by atoms with Gasteiger partial charge in [0.15, 0.2) is 0 Å². The lowest BCUT2D eigenvalue weighted by molar-refractivity contribution is 0.122. The molecule has 0 amide bonds. The summed E-state index contributed by atoms with van der Waals surface area (Å²) in [5, 5.41) is 3.47. The van der Waals surface area contributed by atoms with Gasteiger partial charge in [0.05, 0.1) is 0 Å². The van der Waals surface area contributed by atoms with Gasteiger partial charge in [0.25, 0.3) is 0 Å². The summed E-state index contributed by atoms with van der Waals surface area (Å²) in [6.45, 7) is 12.3. The summed E-state index contributed by atoms with van der Waals surface area (Å²) in [5.74, 6) is 0.908. The number of nitrogens with one attached hydrogen (secondary N) is 1. The molecule has 0 aromatic rings. The van der Waals surface area contributed by atoms with Crippen LogP contribution in [0.3, 0.4) is 0 Å². The third-order valence-corrected chi connectivity index (χ3v) is 4.31. The molecule has 88 valence electrons. The molecule has 2 saturated heterocycles. The molecule has 2 aliphatic rings. The largest absolute Gasteiger partial charge is 0.317 e. The molecule has 2 heterocycles. The van der Waals surface area contributed by atoms with E-state index in [2.05, 4.69) is 31.0 Å². The summed E-state index contributed by atoms with van der Waals surface area (Å²) < 4.78 is 0. The van der Waals surface area contributed by atoms with Crippen LogP contribution in [0.1, 0.15) is 40.0 Å². The second-order valence-electron chi connectivity index (χ2n) is 6.18. The van der Waals surface area contributed by atoms with Crippen LogP contribution in [-0.4, -0.2) is 37.1 Å². The lowest BCUT2D eigenvalue weighted by Gasteiger charge is -2.38. The number of rotatable bonds is 2. The van der Waals surface area contributed by atoms with Crippen molar-refractivity contribution in [2.24, 2.45) is 11.3 Å². The zero-order valence-electron chi connectivity index (χ0n) is 10.6. The maximum atomic E-state index is 3.47. The molecule has 2 heteroatoms. The normalized spacial score (nSPS) is 37.0. The Morgan fingerprint density at radius 2 is 1.93 bits per heavy atom. The fourth-order valence-corrected chi connectivity index (χ4v) is 3.29. The second-order valence-corrected chi connectivity index (χ2v) is 6.18. The molecule has 1 N–H and O–H groups in total. The van der Waals surface area contributed by atoms with Gasteiger partial charge in [-0.2, -0.15) is 0 Å². The zero-order valence-corrected chi connectivity index (χ0v) is 10.6. The van der Waals surface area contributed by atoms with Crippen molar-refractivity contribution in [3.8, 4) is 0 Å². The maximum Gasteiger partial charge on any atom is 0.00702 e. The third-order valence-electron chi connectivity index (χ3n) is 4.31. The van der Waals surface area contributed by atoms with Crippen molar-refractivity contribution >= 4 is 0 Å². The summed E-state index contributed by atoms with van der Waals surface area (Å²) in [4.78, 5) is 2.72. The molecule has 0 aromatic carbocycles. The Balaban J connectivity index is 1.89. The predicted octanol–water partition coefficient (Wildman–Crippen LogP) is 2.11. The number of piperidine rings is 1. The smallest absolute Gasteiger partial charge is 0.00702 e. The highest BCUT2D eigenvalue weighted by atomic mass is 15.2. The van der Waals surface area contributed by atoms with Crippen LogP contribution in [0.4, 0.5) is 0 Å². The van der Waals surface area contributed by atoms with Gasteiger partial charge in [0.2, 0.25) is 0 Å². The lowest BCUT2D eigenvalue weighted by atomic mass is 9.80. The van der Waals surface area contributed by atoms with Gasteiger partial charge in [-0.3, -0.25) is 4.90 Å². The summed E-state index contributed by atoms with van der Waals surface area (Å²) in [6.07, 6.45) is 4.10. The minimum atomic E-state index is 0.573. The molecule has 2 rings (SSSR count). The van der Waals surface area contributed by atoms with Crippen molar-refractivity contribution in [1.82, 2.24) is 10.2 Å². The zero-order chi connectivity index (χ0) is 10.9. The van der Waals surface area contributed by atoms with Crippen molar-refractivity contribution in [2.45, 2.75) is 46.1 Å². The van der Waals surface area contributed by atoms with Gasteiger partial charge >= 0.3 is 0 Å². The average Bonchev–Trinajstić information content (AvgIpc) is 2.45. The summed E-state index contributed by atoms with van der Waals surface area (Å²) >= 11 is 0. The van der Waals surface area contributed by atoms with Crippen molar-refractivity contribution in [3.05, 3.63) is 0 Å². The molecule has 2 atom stereocenters. The van der Waals surface area contributed by atoms with Crippen LogP contribution < -0.4 is 5.32 Å². The van der Waals surface area contributed by atoms with Crippen LogP contribution in [0.15, 0.2) is 0 Å². The molecule has 0 radical (unpaired) electrons. The molecule has 2 aliphatic heterocycles. The van der Waals surface area contributed by atoms with Gasteiger partial charge in [-0.1, -0.05) is 13.8 Å². The van der Waals surface area contributed by atoms with Gasteiger partial charge in [0.1, 0.15) is 0 Å². The van der Waals surface area contributed by atoms with E-state index in [4.69, 9.17) is 0 Å². The Morgan fingerprint density at radius 3 is 2.47 bits per heavy atom. The summed E-state index contributed by atoms with van der Waals surface area (Å²) in [7, 11) is 0. The van der Waals surface area contributed by atoms with Crippen molar-refractivity contribution < 1.29 is 0 Å². The minimum absolute atomic E-state index is 0.573. The fraction of sp³-hybridized carbons (Fsp3) is 1.00. The Labute approximate surface area is 94.4 Å². The van der Waals surface area contributed by atoms with Gasteiger partial charge in [-0.25, -0.2) is 0 Å². The first-order valence-electron chi connectivity index (χ1n) is 6.54. The van der Waals surface area contributed by atoms with E-state index in [0.29, 0.717) is 5.41 Å². The number of likely N-dealkylation sites (tertiary alicyclic amines) is 1. The molecule has 2 nitrogen and oxygen atoms in total. The first-order chi connectivity index (χ1) is 7.09. The van der Waals surface area contributed by atoms with E-state index >= 15 is 0 Å². The SMILES string of the molecule is CC1CC(C)N(CC2(C)CCNCC2)C1. The number of hydrogen-bond acceptors (Lipinski definition) is 2. The molecular weight excluding hydrogens is 184 g/mol. The van der Waals surface area contributed by atoms with Crippen LogP contribution in [-0.2, 0) is 0 Å². The van der Waals surface area contributed by atoms with Crippen LogP contribution >= 0.6 is 0 Å². The molecule has 0 saturated carbocycles. The molecule has 2 fully saturated rings. The standard InChI is InChI=1S/C13H26N2/c1-11-8-12(2)15(9-11)10-13(3)4-6-14-7-5-13/h11-12,14H,4-10H2,1-3H3. The van der Waals surface area contributed by atoms with Gasteiger partial charge < -0.3 is 5.32 Å². The van der Waals surface area contributed by atoms with E-state index in [9.17, 15) is 0 Å². The first-order valence-corrected chi connectivity index (χ1v) is 6.54. The van der Waals surface area contributed by atoms with Crippen molar-refractivity contribution in [2.75, 3.05) is 26.2 Å². The predicted molar refractivity (Wildman–Crippen MR) is 65.0 cm³/mol. The lowest BCUT2D eigenvalue weighted by Crippen LogP contribution is -2.44. The van der Waals surface area contributed by atoms with Gasteiger partial charge in [-0.15, -0.1) is 0 Å². The van der Waals surface area contributed by atoms with Crippen molar-refractivity contribution in [3.63, 3.8) is 0 Å². The topological polar surface area (TPSA) is 15.3 Å². The van der Waals surface area contributed by atoms with E-state index in [0.717, 1.165) is 12.0 Å². The molecule has 0 spiro atoms. The molecular formula is C13H26N2. The van der Waals surface area contributed by atoms with Crippen LogP contribution in [0.5, 0.6) is 0 Å². The van der Waals surface area contributed by atoms with E-state index in [-0.39, 0.29) is 0 Å². The highest BCUT2D eigenvalue weighted by molar-refractivity contribution is 4.88. The summed E-state index contributed by atoms with van der Waals surface area (Å²) in [6, 6.07) is 0.812. The number of nitrogens with zero attached hydrogens (tertiary/aromatic N) is 1. The van der Waals surface area contributed by atoms with E-state index in [1.54, 1.807) is 0 Å². The van der Waals surface area contributed by atoms with Crippen LogP contribution in [0, 0.1) is 11.3 Å². The average molecular weight is 210 g/mol.